The van der Waals surface area contributed by atoms with Crippen LogP contribution < -0.4 is 5.32 Å². The lowest BCUT2D eigenvalue weighted by molar-refractivity contribution is 0.402. The Balaban J connectivity index is 1.99. The molecule has 1 saturated heterocycles. The van der Waals surface area contributed by atoms with Gasteiger partial charge in [-0.15, -0.1) is 0 Å². The molecule has 0 aliphatic carbocycles. The van der Waals surface area contributed by atoms with Gasteiger partial charge >= 0.3 is 0 Å². The zero-order valence-electron chi connectivity index (χ0n) is 12.5. The summed E-state index contributed by atoms with van der Waals surface area (Å²) in [5.41, 5.74) is 1.28. The highest BCUT2D eigenvalue weighted by atomic mass is 79.9. The van der Waals surface area contributed by atoms with Crippen LogP contribution in [-0.4, -0.2) is 32.5 Å². The first-order chi connectivity index (χ1) is 10.00. The van der Waals surface area contributed by atoms with Crippen LogP contribution in [0.4, 0.5) is 0 Å². The molecule has 0 saturated carbocycles. The third-order valence-corrected chi connectivity index (χ3v) is 6.66. The van der Waals surface area contributed by atoms with E-state index >= 15 is 0 Å². The van der Waals surface area contributed by atoms with Gasteiger partial charge in [0.25, 0.3) is 0 Å². The van der Waals surface area contributed by atoms with Crippen LogP contribution in [0.3, 0.4) is 0 Å². The maximum atomic E-state index is 11.6. The zero-order valence-corrected chi connectivity index (χ0v) is 14.9. The molecule has 1 aromatic rings. The van der Waals surface area contributed by atoms with Gasteiger partial charge in [0.15, 0.2) is 9.84 Å². The van der Waals surface area contributed by atoms with Crippen LogP contribution in [0.1, 0.15) is 31.7 Å². The van der Waals surface area contributed by atoms with Crippen molar-refractivity contribution >= 4 is 25.8 Å². The lowest BCUT2D eigenvalue weighted by atomic mass is 9.94. The highest BCUT2D eigenvalue weighted by Gasteiger charge is 2.29. The number of nitrogens with one attached hydrogen (secondary N) is 1. The first-order valence-corrected chi connectivity index (χ1v) is 10.3. The Hall–Kier alpha value is -0.390. The first kappa shape index (κ1) is 17.0. The summed E-state index contributed by atoms with van der Waals surface area (Å²) in [5, 5.41) is 3.58. The summed E-state index contributed by atoms with van der Waals surface area (Å²) in [4.78, 5) is 0. The van der Waals surface area contributed by atoms with Crippen molar-refractivity contribution < 1.29 is 8.42 Å². The van der Waals surface area contributed by atoms with E-state index in [0.717, 1.165) is 36.7 Å². The normalized spacial score (nSPS) is 22.3. The average Bonchev–Trinajstić information content (AvgIpc) is 2.77. The lowest BCUT2D eigenvalue weighted by Gasteiger charge is -2.22. The van der Waals surface area contributed by atoms with Gasteiger partial charge in [0.1, 0.15) is 0 Å². The van der Waals surface area contributed by atoms with Crippen molar-refractivity contribution in [3.63, 3.8) is 0 Å². The highest BCUT2D eigenvalue weighted by molar-refractivity contribution is 9.10. The second-order valence-corrected chi connectivity index (χ2v) is 9.03. The molecule has 5 heteroatoms. The predicted octanol–water partition coefficient (Wildman–Crippen LogP) is 3.18. The largest absolute Gasteiger partial charge is 0.314 e. The van der Waals surface area contributed by atoms with Crippen LogP contribution in [-0.2, 0) is 16.3 Å². The van der Waals surface area contributed by atoms with Crippen molar-refractivity contribution in [1.82, 2.24) is 5.32 Å². The van der Waals surface area contributed by atoms with E-state index < -0.39 is 9.84 Å². The Bertz CT molecular complexity index is 559. The molecule has 0 aromatic heterocycles. The van der Waals surface area contributed by atoms with Crippen LogP contribution >= 0.6 is 15.9 Å². The van der Waals surface area contributed by atoms with Gasteiger partial charge in [-0.3, -0.25) is 0 Å². The second kappa shape index (κ2) is 7.75. The van der Waals surface area contributed by atoms with Crippen LogP contribution in [0.2, 0.25) is 0 Å². The molecule has 0 bridgehead atoms. The fourth-order valence-corrected chi connectivity index (χ4v) is 5.30. The standard InChI is InChI=1S/C16H24BrNO2S/c1-2-8-18-15(10-13-7-9-21(19,20)12-13)11-14-5-3-4-6-16(14)17/h3-6,13,15,18H,2,7-12H2,1H3. The Kier molecular flexibility index (Phi) is 6.26. The van der Waals surface area contributed by atoms with E-state index in [1.54, 1.807) is 0 Å². The van der Waals surface area contributed by atoms with Gasteiger partial charge in [-0.25, -0.2) is 8.42 Å². The van der Waals surface area contributed by atoms with Gasteiger partial charge in [-0.1, -0.05) is 41.1 Å². The van der Waals surface area contributed by atoms with E-state index in [1.165, 1.54) is 5.56 Å². The number of benzene rings is 1. The molecule has 1 heterocycles. The molecule has 0 radical (unpaired) electrons. The quantitative estimate of drug-likeness (QED) is 0.797. The van der Waals surface area contributed by atoms with Crippen LogP contribution in [0.5, 0.6) is 0 Å². The van der Waals surface area contributed by atoms with Crippen molar-refractivity contribution in [3.05, 3.63) is 34.3 Å². The Morgan fingerprint density at radius 2 is 2.14 bits per heavy atom. The summed E-state index contributed by atoms with van der Waals surface area (Å²) in [6.45, 7) is 3.14. The number of halogens is 1. The zero-order chi connectivity index (χ0) is 15.3. The van der Waals surface area contributed by atoms with Crippen LogP contribution in [0.25, 0.3) is 0 Å². The molecule has 2 rings (SSSR count). The number of rotatable bonds is 7. The predicted molar refractivity (Wildman–Crippen MR) is 91.3 cm³/mol. The molecule has 0 spiro atoms. The highest BCUT2D eigenvalue weighted by Crippen LogP contribution is 2.25. The van der Waals surface area contributed by atoms with Crippen LogP contribution in [0, 0.1) is 5.92 Å². The van der Waals surface area contributed by atoms with E-state index in [0.29, 0.717) is 23.5 Å². The minimum Gasteiger partial charge on any atom is -0.314 e. The minimum absolute atomic E-state index is 0.312. The first-order valence-electron chi connectivity index (χ1n) is 7.67. The SMILES string of the molecule is CCCNC(Cc1ccccc1Br)CC1CCS(=O)(=O)C1. The molecular formula is C16H24BrNO2S. The summed E-state index contributed by atoms with van der Waals surface area (Å²) >= 11 is 3.60. The summed E-state index contributed by atoms with van der Waals surface area (Å²) in [6, 6.07) is 8.62. The summed E-state index contributed by atoms with van der Waals surface area (Å²) in [5.74, 6) is 1.05. The average molecular weight is 374 g/mol. The van der Waals surface area contributed by atoms with Crippen molar-refractivity contribution in [2.75, 3.05) is 18.1 Å². The third kappa shape index (κ3) is 5.38. The number of hydrogen-bond donors (Lipinski definition) is 1. The molecule has 118 valence electrons. The van der Waals surface area contributed by atoms with Gasteiger partial charge in [-0.2, -0.15) is 0 Å². The Labute approximate surface area is 136 Å². The molecule has 1 aliphatic rings. The van der Waals surface area contributed by atoms with Gasteiger partial charge in [0.05, 0.1) is 11.5 Å². The maximum Gasteiger partial charge on any atom is 0.150 e. The monoisotopic (exact) mass is 373 g/mol. The van der Waals surface area contributed by atoms with E-state index in [9.17, 15) is 8.42 Å². The summed E-state index contributed by atoms with van der Waals surface area (Å²) < 4.78 is 24.4. The molecule has 1 aliphatic heterocycles. The van der Waals surface area contributed by atoms with E-state index in [2.05, 4.69) is 46.4 Å². The van der Waals surface area contributed by atoms with Crippen molar-refractivity contribution in [3.8, 4) is 0 Å². The molecular weight excluding hydrogens is 350 g/mol. The van der Waals surface area contributed by atoms with Gasteiger partial charge in [0.2, 0.25) is 0 Å². The molecule has 2 unspecified atom stereocenters. The maximum absolute atomic E-state index is 11.6. The molecule has 0 amide bonds. The number of sulfone groups is 1. The third-order valence-electron chi connectivity index (χ3n) is 4.05. The van der Waals surface area contributed by atoms with E-state index in [1.807, 2.05) is 6.07 Å². The van der Waals surface area contributed by atoms with Crippen LogP contribution in [0.15, 0.2) is 28.7 Å². The van der Waals surface area contributed by atoms with E-state index in [4.69, 9.17) is 0 Å². The minimum atomic E-state index is -2.78. The summed E-state index contributed by atoms with van der Waals surface area (Å²) in [7, 11) is -2.78. The fraction of sp³-hybridized carbons (Fsp3) is 0.625. The fourth-order valence-electron chi connectivity index (χ4n) is 2.98. The molecule has 3 nitrogen and oxygen atoms in total. The Morgan fingerprint density at radius 3 is 2.76 bits per heavy atom. The smallest absolute Gasteiger partial charge is 0.150 e. The van der Waals surface area contributed by atoms with Crippen molar-refractivity contribution in [2.24, 2.45) is 5.92 Å². The molecule has 21 heavy (non-hydrogen) atoms. The van der Waals surface area contributed by atoms with Crippen molar-refractivity contribution in [1.29, 1.82) is 0 Å². The molecule has 2 atom stereocenters. The second-order valence-electron chi connectivity index (χ2n) is 5.95. The van der Waals surface area contributed by atoms with Gasteiger partial charge in [-0.05, 0) is 49.8 Å². The van der Waals surface area contributed by atoms with E-state index in [-0.39, 0.29) is 0 Å². The lowest BCUT2D eigenvalue weighted by Crippen LogP contribution is -2.34. The van der Waals surface area contributed by atoms with Crippen molar-refractivity contribution in [2.45, 2.75) is 38.6 Å². The molecule has 1 N–H and O–H groups in total. The van der Waals surface area contributed by atoms with Gasteiger partial charge in [0, 0.05) is 10.5 Å². The Morgan fingerprint density at radius 1 is 1.38 bits per heavy atom. The summed E-state index contributed by atoms with van der Waals surface area (Å²) in [6.07, 6.45) is 3.80. The van der Waals surface area contributed by atoms with Gasteiger partial charge < -0.3 is 5.32 Å². The molecule has 1 fully saturated rings. The molecule has 1 aromatic carbocycles. The number of hydrogen-bond acceptors (Lipinski definition) is 3. The topological polar surface area (TPSA) is 46.2 Å².